The Hall–Kier alpha value is -1.84. The fourth-order valence-electron chi connectivity index (χ4n) is 4.31. The molecule has 0 atom stereocenters. The van der Waals surface area contributed by atoms with Crippen LogP contribution >= 0.6 is 0 Å². The zero-order chi connectivity index (χ0) is 16.8. The number of likely N-dealkylation sites (tertiary alicyclic amines) is 1. The van der Waals surface area contributed by atoms with Crippen molar-refractivity contribution in [2.45, 2.75) is 45.4 Å². The Labute approximate surface area is 143 Å². The van der Waals surface area contributed by atoms with Crippen LogP contribution in [0.1, 0.15) is 45.4 Å². The summed E-state index contributed by atoms with van der Waals surface area (Å²) in [6.45, 7) is 4.36. The number of carbonyl (C=O) groups excluding carboxylic acids is 2. The molecule has 4 rings (SSSR count). The molecule has 0 N–H and O–H groups in total. The van der Waals surface area contributed by atoms with Gasteiger partial charge in [-0.3, -0.25) is 9.59 Å². The lowest BCUT2D eigenvalue weighted by molar-refractivity contribution is -0.143. The van der Waals surface area contributed by atoms with Gasteiger partial charge in [-0.1, -0.05) is 25.1 Å². The van der Waals surface area contributed by atoms with Crippen molar-refractivity contribution in [3.8, 4) is 0 Å². The third kappa shape index (κ3) is 2.52. The van der Waals surface area contributed by atoms with Crippen molar-refractivity contribution >= 4 is 17.5 Å². The van der Waals surface area contributed by atoms with E-state index in [-0.39, 0.29) is 16.7 Å². The van der Waals surface area contributed by atoms with Gasteiger partial charge < -0.3 is 9.80 Å². The Morgan fingerprint density at radius 1 is 0.958 bits per heavy atom. The van der Waals surface area contributed by atoms with E-state index in [2.05, 4.69) is 6.92 Å². The van der Waals surface area contributed by atoms with E-state index in [1.807, 2.05) is 40.1 Å². The molecule has 2 amide bonds. The molecule has 128 valence electrons. The van der Waals surface area contributed by atoms with Gasteiger partial charge in [-0.05, 0) is 50.7 Å². The first-order chi connectivity index (χ1) is 11.5. The van der Waals surface area contributed by atoms with Crippen molar-refractivity contribution in [1.82, 2.24) is 4.90 Å². The molecule has 4 heteroatoms. The highest BCUT2D eigenvalue weighted by atomic mass is 16.2. The fourth-order valence-corrected chi connectivity index (χ4v) is 4.31. The van der Waals surface area contributed by atoms with E-state index in [0.29, 0.717) is 5.91 Å². The zero-order valence-electron chi connectivity index (χ0n) is 14.5. The summed E-state index contributed by atoms with van der Waals surface area (Å²) in [5.74, 6) is 0.574. The first kappa shape index (κ1) is 15.7. The zero-order valence-corrected chi connectivity index (χ0v) is 14.5. The van der Waals surface area contributed by atoms with Crippen LogP contribution in [-0.4, -0.2) is 36.3 Å². The van der Waals surface area contributed by atoms with Gasteiger partial charge in [0.25, 0.3) is 0 Å². The molecule has 2 aliphatic heterocycles. The maximum absolute atomic E-state index is 13.2. The second-order valence-corrected chi connectivity index (χ2v) is 8.03. The highest BCUT2D eigenvalue weighted by Crippen LogP contribution is 2.48. The Kier molecular flexibility index (Phi) is 3.66. The highest BCUT2D eigenvalue weighted by Gasteiger charge is 2.51. The van der Waals surface area contributed by atoms with Crippen molar-refractivity contribution in [3.63, 3.8) is 0 Å². The van der Waals surface area contributed by atoms with Crippen LogP contribution in [0.25, 0.3) is 0 Å². The van der Waals surface area contributed by atoms with Gasteiger partial charge in [0, 0.05) is 30.7 Å². The third-order valence-electron chi connectivity index (χ3n) is 6.33. The monoisotopic (exact) mass is 326 g/mol. The van der Waals surface area contributed by atoms with E-state index >= 15 is 0 Å². The average molecular weight is 326 g/mol. The topological polar surface area (TPSA) is 40.6 Å². The predicted octanol–water partition coefficient (Wildman–Crippen LogP) is 3.22. The summed E-state index contributed by atoms with van der Waals surface area (Å²) in [6, 6.07) is 9.99. The minimum atomic E-state index is -0.255. The maximum atomic E-state index is 13.2. The quantitative estimate of drug-likeness (QED) is 0.837. The maximum Gasteiger partial charge on any atom is 0.233 e. The summed E-state index contributed by atoms with van der Waals surface area (Å²) in [7, 11) is 0. The minimum Gasteiger partial charge on any atom is -0.342 e. The van der Waals surface area contributed by atoms with Crippen molar-refractivity contribution in [1.29, 1.82) is 0 Å². The number of rotatable bonds is 2. The summed E-state index contributed by atoms with van der Waals surface area (Å²) in [6.07, 6.45) is 5.69. The van der Waals surface area contributed by atoms with E-state index in [0.717, 1.165) is 63.8 Å². The molecule has 1 aromatic carbocycles. The molecule has 1 aliphatic carbocycles. The highest BCUT2D eigenvalue weighted by molar-refractivity contribution is 5.98. The molecule has 1 spiro atoms. The number of anilines is 1. The predicted molar refractivity (Wildman–Crippen MR) is 93.6 cm³/mol. The van der Waals surface area contributed by atoms with E-state index in [1.165, 1.54) is 0 Å². The molecule has 4 nitrogen and oxygen atoms in total. The molecule has 0 radical (unpaired) electrons. The van der Waals surface area contributed by atoms with Crippen molar-refractivity contribution < 1.29 is 9.59 Å². The van der Waals surface area contributed by atoms with E-state index in [1.54, 1.807) is 0 Å². The van der Waals surface area contributed by atoms with Gasteiger partial charge in [0.15, 0.2) is 0 Å². The molecule has 3 fully saturated rings. The lowest BCUT2D eigenvalue weighted by Crippen LogP contribution is -2.55. The number of hydrogen-bond acceptors (Lipinski definition) is 2. The molecule has 2 heterocycles. The minimum absolute atomic E-state index is 0.100. The standard InChI is InChI=1S/C20H26N2O2/c1-19(9-10-19)17(23)21-14-11-20(12-15-21)8-5-13-22(18(20)24)16-6-3-2-4-7-16/h2-4,6-7H,5,8-15H2,1H3. The third-order valence-corrected chi connectivity index (χ3v) is 6.33. The van der Waals surface area contributed by atoms with Gasteiger partial charge in [0.2, 0.25) is 11.8 Å². The van der Waals surface area contributed by atoms with Crippen LogP contribution in [-0.2, 0) is 9.59 Å². The van der Waals surface area contributed by atoms with Gasteiger partial charge in [-0.2, -0.15) is 0 Å². The molecule has 24 heavy (non-hydrogen) atoms. The van der Waals surface area contributed by atoms with Gasteiger partial charge in [-0.15, -0.1) is 0 Å². The molecular weight excluding hydrogens is 300 g/mol. The first-order valence-corrected chi connectivity index (χ1v) is 9.21. The molecule has 0 aromatic heterocycles. The van der Waals surface area contributed by atoms with Crippen molar-refractivity contribution in [2.24, 2.45) is 10.8 Å². The molecule has 3 aliphatic rings. The number of benzene rings is 1. The average Bonchev–Trinajstić information content (AvgIpc) is 3.37. The number of carbonyl (C=O) groups is 2. The van der Waals surface area contributed by atoms with Crippen molar-refractivity contribution in [3.05, 3.63) is 30.3 Å². The second-order valence-electron chi connectivity index (χ2n) is 8.03. The summed E-state index contributed by atoms with van der Waals surface area (Å²) in [5.41, 5.74) is 0.650. The molecule has 0 unspecified atom stereocenters. The molecular formula is C20H26N2O2. The SMILES string of the molecule is CC1(C(=O)N2CCC3(CCCN(c4ccccc4)C3=O)CC2)CC1. The number of para-hydroxylation sites is 1. The van der Waals surface area contributed by atoms with Crippen LogP contribution in [0.15, 0.2) is 30.3 Å². The molecule has 1 saturated carbocycles. The number of nitrogens with zero attached hydrogens (tertiary/aromatic N) is 2. The largest absolute Gasteiger partial charge is 0.342 e. The van der Waals surface area contributed by atoms with Crippen LogP contribution in [0.3, 0.4) is 0 Å². The number of hydrogen-bond donors (Lipinski definition) is 0. The summed E-state index contributed by atoms with van der Waals surface area (Å²) >= 11 is 0. The van der Waals surface area contributed by atoms with E-state index in [9.17, 15) is 9.59 Å². The second kappa shape index (κ2) is 5.61. The Bertz CT molecular complexity index is 643. The van der Waals surface area contributed by atoms with Crippen LogP contribution < -0.4 is 4.90 Å². The van der Waals surface area contributed by atoms with E-state index in [4.69, 9.17) is 0 Å². The van der Waals surface area contributed by atoms with Gasteiger partial charge in [0.1, 0.15) is 0 Å². The van der Waals surface area contributed by atoms with Gasteiger partial charge >= 0.3 is 0 Å². The van der Waals surface area contributed by atoms with Crippen LogP contribution in [0.2, 0.25) is 0 Å². The smallest absolute Gasteiger partial charge is 0.233 e. The molecule has 0 bridgehead atoms. The number of amides is 2. The Balaban J connectivity index is 1.48. The molecule has 1 aromatic rings. The fraction of sp³-hybridized carbons (Fsp3) is 0.600. The Morgan fingerprint density at radius 3 is 2.25 bits per heavy atom. The first-order valence-electron chi connectivity index (χ1n) is 9.21. The van der Waals surface area contributed by atoms with E-state index < -0.39 is 0 Å². The lowest BCUT2D eigenvalue weighted by atomic mass is 9.71. The van der Waals surface area contributed by atoms with Crippen LogP contribution in [0.4, 0.5) is 5.69 Å². The summed E-state index contributed by atoms with van der Waals surface area (Å²) < 4.78 is 0. The van der Waals surface area contributed by atoms with Crippen molar-refractivity contribution in [2.75, 3.05) is 24.5 Å². The molecule has 2 saturated heterocycles. The van der Waals surface area contributed by atoms with Gasteiger partial charge in [0.05, 0.1) is 5.41 Å². The van der Waals surface area contributed by atoms with Crippen LogP contribution in [0, 0.1) is 10.8 Å². The number of piperidine rings is 2. The van der Waals surface area contributed by atoms with Crippen LogP contribution in [0.5, 0.6) is 0 Å². The lowest BCUT2D eigenvalue weighted by Gasteiger charge is -2.46. The normalized spacial score (nSPS) is 25.0. The summed E-state index contributed by atoms with van der Waals surface area (Å²) in [5, 5.41) is 0. The Morgan fingerprint density at radius 2 is 1.62 bits per heavy atom. The van der Waals surface area contributed by atoms with Gasteiger partial charge in [-0.25, -0.2) is 0 Å². The summed E-state index contributed by atoms with van der Waals surface area (Å²) in [4.78, 5) is 29.7.